The summed E-state index contributed by atoms with van der Waals surface area (Å²) in [6, 6.07) is 0. The first kappa shape index (κ1) is 12.3. The van der Waals surface area contributed by atoms with Crippen LogP contribution in [0.4, 0.5) is 0 Å². The third-order valence-corrected chi connectivity index (χ3v) is 2.36. The average Bonchev–Trinajstić information content (AvgIpc) is 1.84. The van der Waals surface area contributed by atoms with Crippen molar-refractivity contribution in [2.45, 2.75) is 26.4 Å². The zero-order valence-corrected chi connectivity index (χ0v) is 9.45. The van der Waals surface area contributed by atoms with Gasteiger partial charge in [-0.25, -0.2) is 0 Å². The van der Waals surface area contributed by atoms with Gasteiger partial charge in [-0.1, -0.05) is 6.92 Å². The number of likely N-dealkylation sites (N-methyl/N-ethyl adjacent to an activating group) is 1. The third kappa shape index (κ3) is 8.37. The van der Waals surface area contributed by atoms with Crippen LogP contribution in [0.3, 0.4) is 0 Å². The molecule has 0 rings (SSSR count). The van der Waals surface area contributed by atoms with Crippen molar-refractivity contribution in [3.05, 3.63) is 0 Å². The van der Waals surface area contributed by atoms with Crippen molar-refractivity contribution in [1.29, 1.82) is 0 Å². The summed E-state index contributed by atoms with van der Waals surface area (Å²) in [4.78, 5) is 2.17. The lowest BCUT2D eigenvalue weighted by molar-refractivity contribution is 0.0465. The molecule has 0 aliphatic rings. The molecule has 0 bridgehead atoms. The van der Waals surface area contributed by atoms with Crippen molar-refractivity contribution in [1.82, 2.24) is 4.90 Å². The highest BCUT2D eigenvalue weighted by atomic mass is 32.2. The molecular weight excluding hydrogens is 170 g/mol. The lowest BCUT2D eigenvalue weighted by Gasteiger charge is -2.25. The van der Waals surface area contributed by atoms with Gasteiger partial charge in [0.05, 0.1) is 5.60 Å². The molecule has 0 aliphatic heterocycles. The first-order valence-corrected chi connectivity index (χ1v) is 5.60. The maximum Gasteiger partial charge on any atom is 0.0718 e. The Hall–Kier alpha value is 0.270. The zero-order chi connectivity index (χ0) is 9.61. The van der Waals surface area contributed by atoms with Crippen molar-refractivity contribution >= 4 is 11.8 Å². The molecule has 0 aliphatic carbocycles. The monoisotopic (exact) mass is 191 g/mol. The van der Waals surface area contributed by atoms with Crippen molar-refractivity contribution in [2.24, 2.45) is 0 Å². The smallest absolute Gasteiger partial charge is 0.0718 e. The summed E-state index contributed by atoms with van der Waals surface area (Å²) < 4.78 is 0. The quantitative estimate of drug-likeness (QED) is 0.643. The summed E-state index contributed by atoms with van der Waals surface area (Å²) in [6.45, 7) is 7.66. The fourth-order valence-electron chi connectivity index (χ4n) is 1.10. The molecule has 0 aromatic carbocycles. The van der Waals surface area contributed by atoms with Crippen LogP contribution in [0.15, 0.2) is 0 Å². The highest BCUT2D eigenvalue weighted by Gasteiger charge is 2.14. The lowest BCUT2D eigenvalue weighted by atomic mass is 10.1. The number of nitrogens with zero attached hydrogens (tertiary/aromatic N) is 1. The molecule has 74 valence electrons. The van der Waals surface area contributed by atoms with Crippen LogP contribution in [0.1, 0.15) is 20.8 Å². The van der Waals surface area contributed by atoms with Gasteiger partial charge in [-0.3, -0.25) is 0 Å². The summed E-state index contributed by atoms with van der Waals surface area (Å²) in [5.41, 5.74) is -0.564. The second-order valence-corrected chi connectivity index (χ2v) is 5.14. The third-order valence-electron chi connectivity index (χ3n) is 1.48. The molecule has 0 atom stereocenters. The number of hydrogen-bond donors (Lipinski definition) is 1. The SMILES string of the molecule is CCSCCN(C)CC(C)(C)O. The van der Waals surface area contributed by atoms with Crippen LogP contribution in [-0.2, 0) is 0 Å². The van der Waals surface area contributed by atoms with E-state index in [0.717, 1.165) is 18.8 Å². The molecule has 0 saturated carbocycles. The summed E-state index contributed by atoms with van der Waals surface area (Å²) >= 11 is 1.94. The van der Waals surface area contributed by atoms with Gasteiger partial charge < -0.3 is 10.0 Å². The van der Waals surface area contributed by atoms with Crippen LogP contribution >= 0.6 is 11.8 Å². The first-order chi connectivity index (χ1) is 5.45. The molecule has 0 aromatic rings. The minimum absolute atomic E-state index is 0.564. The molecule has 0 radical (unpaired) electrons. The molecule has 3 heteroatoms. The van der Waals surface area contributed by atoms with Gasteiger partial charge in [0.15, 0.2) is 0 Å². The van der Waals surface area contributed by atoms with E-state index in [2.05, 4.69) is 11.8 Å². The summed E-state index contributed by atoms with van der Waals surface area (Å²) in [6.07, 6.45) is 0. The number of aliphatic hydroxyl groups is 1. The van der Waals surface area contributed by atoms with Crippen LogP contribution in [0.2, 0.25) is 0 Å². The number of thioether (sulfide) groups is 1. The molecule has 0 aromatic heterocycles. The summed E-state index contributed by atoms with van der Waals surface area (Å²) in [5, 5.41) is 9.50. The zero-order valence-electron chi connectivity index (χ0n) is 8.63. The predicted octanol–water partition coefficient (Wildman–Crippen LogP) is 1.44. The number of hydrogen-bond acceptors (Lipinski definition) is 3. The van der Waals surface area contributed by atoms with E-state index in [4.69, 9.17) is 0 Å². The van der Waals surface area contributed by atoms with Crippen LogP contribution in [-0.4, -0.2) is 47.3 Å². The molecule has 0 spiro atoms. The minimum atomic E-state index is -0.564. The van der Waals surface area contributed by atoms with Gasteiger partial charge in [0, 0.05) is 18.8 Å². The van der Waals surface area contributed by atoms with E-state index in [1.165, 1.54) is 5.75 Å². The molecule has 1 N–H and O–H groups in total. The van der Waals surface area contributed by atoms with E-state index in [1.54, 1.807) is 0 Å². The molecule has 0 heterocycles. The molecular formula is C9H21NOS. The van der Waals surface area contributed by atoms with Gasteiger partial charge in [-0.15, -0.1) is 0 Å². The van der Waals surface area contributed by atoms with Gasteiger partial charge in [0.2, 0.25) is 0 Å². The largest absolute Gasteiger partial charge is 0.389 e. The lowest BCUT2D eigenvalue weighted by Crippen LogP contribution is -2.37. The van der Waals surface area contributed by atoms with Crippen LogP contribution in [0, 0.1) is 0 Å². The predicted molar refractivity (Wildman–Crippen MR) is 56.8 cm³/mol. The Morgan fingerprint density at radius 2 is 2.00 bits per heavy atom. The van der Waals surface area contributed by atoms with Crippen molar-refractivity contribution in [3.63, 3.8) is 0 Å². The first-order valence-electron chi connectivity index (χ1n) is 4.44. The molecule has 0 amide bonds. The van der Waals surface area contributed by atoms with E-state index in [9.17, 15) is 5.11 Å². The Bertz CT molecular complexity index is 112. The van der Waals surface area contributed by atoms with E-state index >= 15 is 0 Å². The van der Waals surface area contributed by atoms with Gasteiger partial charge in [0.1, 0.15) is 0 Å². The summed E-state index contributed by atoms with van der Waals surface area (Å²) in [5.74, 6) is 2.33. The highest BCUT2D eigenvalue weighted by molar-refractivity contribution is 7.99. The molecule has 0 unspecified atom stereocenters. The number of rotatable bonds is 6. The second-order valence-electron chi connectivity index (χ2n) is 3.75. The topological polar surface area (TPSA) is 23.5 Å². The molecule has 2 nitrogen and oxygen atoms in total. The Kier molecular flexibility index (Phi) is 5.97. The second kappa shape index (κ2) is 5.84. The van der Waals surface area contributed by atoms with Crippen LogP contribution in [0.5, 0.6) is 0 Å². The van der Waals surface area contributed by atoms with E-state index in [1.807, 2.05) is 32.7 Å². The average molecular weight is 191 g/mol. The highest BCUT2D eigenvalue weighted by Crippen LogP contribution is 2.04. The van der Waals surface area contributed by atoms with Gasteiger partial charge in [-0.2, -0.15) is 11.8 Å². The van der Waals surface area contributed by atoms with Crippen LogP contribution < -0.4 is 0 Å². The summed E-state index contributed by atoms with van der Waals surface area (Å²) in [7, 11) is 2.05. The molecule has 12 heavy (non-hydrogen) atoms. The standard InChI is InChI=1S/C9H21NOS/c1-5-12-7-6-10(4)8-9(2,3)11/h11H,5-8H2,1-4H3. The van der Waals surface area contributed by atoms with Crippen molar-refractivity contribution in [2.75, 3.05) is 31.6 Å². The Morgan fingerprint density at radius 3 is 2.42 bits per heavy atom. The fourth-order valence-corrected chi connectivity index (χ4v) is 1.83. The van der Waals surface area contributed by atoms with E-state index < -0.39 is 5.60 Å². The van der Waals surface area contributed by atoms with Crippen LogP contribution in [0.25, 0.3) is 0 Å². The Balaban J connectivity index is 3.40. The maximum atomic E-state index is 9.50. The minimum Gasteiger partial charge on any atom is -0.389 e. The fraction of sp³-hybridized carbons (Fsp3) is 1.00. The Labute approximate surface area is 80.3 Å². The normalized spacial score (nSPS) is 12.5. The maximum absolute atomic E-state index is 9.50. The van der Waals surface area contributed by atoms with Gasteiger partial charge >= 0.3 is 0 Å². The van der Waals surface area contributed by atoms with E-state index in [-0.39, 0.29) is 0 Å². The molecule has 0 saturated heterocycles. The van der Waals surface area contributed by atoms with Crippen molar-refractivity contribution < 1.29 is 5.11 Å². The molecule has 0 fully saturated rings. The van der Waals surface area contributed by atoms with Gasteiger partial charge in [-0.05, 0) is 26.6 Å². The Morgan fingerprint density at radius 1 is 1.42 bits per heavy atom. The van der Waals surface area contributed by atoms with Gasteiger partial charge in [0.25, 0.3) is 0 Å². The van der Waals surface area contributed by atoms with E-state index in [0.29, 0.717) is 0 Å². The van der Waals surface area contributed by atoms with Crippen molar-refractivity contribution in [3.8, 4) is 0 Å².